The lowest BCUT2D eigenvalue weighted by atomic mass is 9.82. The van der Waals surface area contributed by atoms with E-state index in [1.54, 1.807) is 19.2 Å². The average molecular weight is 477 g/mol. The van der Waals surface area contributed by atoms with Crippen LogP contribution in [-0.4, -0.2) is 31.3 Å². The number of unbranched alkanes of at least 4 members (excludes halogenated alkanes) is 1. The Kier molecular flexibility index (Phi) is 9.38. The number of fused-ring (bicyclic) bond motifs is 1. The van der Waals surface area contributed by atoms with Crippen LogP contribution in [0.1, 0.15) is 81.6 Å². The second-order valence-corrected chi connectivity index (χ2v) is 8.96. The Hall–Kier alpha value is -3.25. The summed E-state index contributed by atoms with van der Waals surface area (Å²) < 4.78 is 6.01. The molecule has 1 N–H and O–H groups in total. The molecule has 0 aliphatic carbocycles. The highest BCUT2D eigenvalue weighted by molar-refractivity contribution is 6.44. The summed E-state index contributed by atoms with van der Waals surface area (Å²) >= 11 is 0. The predicted molar refractivity (Wildman–Crippen MR) is 141 cm³/mol. The van der Waals surface area contributed by atoms with Crippen LogP contribution in [-0.2, 0) is 19.1 Å². The van der Waals surface area contributed by atoms with E-state index in [9.17, 15) is 14.4 Å². The number of nitrogens with zero attached hydrogens (tertiary/aromatic N) is 1. The molecule has 0 aromatic heterocycles. The molecule has 1 aliphatic rings. The fourth-order valence-electron chi connectivity index (χ4n) is 4.50. The number of rotatable bonds is 11. The quantitative estimate of drug-likeness (QED) is 0.244. The molecular formula is C29H36N2O4. The summed E-state index contributed by atoms with van der Waals surface area (Å²) in [6.45, 7) is 6.72. The van der Waals surface area contributed by atoms with Crippen molar-refractivity contribution < 1.29 is 19.1 Å². The number of hydrogen-bond acceptors (Lipinski definition) is 4. The van der Waals surface area contributed by atoms with Crippen LogP contribution in [0.25, 0.3) is 6.08 Å². The number of nitrogens with one attached hydrogen (secondary N) is 1. The highest BCUT2D eigenvalue weighted by atomic mass is 16.5. The summed E-state index contributed by atoms with van der Waals surface area (Å²) in [5, 5.41) is 2.95. The number of Topliss-reactive ketones (excluding diaryl/α,β-unsaturated/α-hetero) is 1. The van der Waals surface area contributed by atoms with Crippen molar-refractivity contribution in [2.24, 2.45) is 0 Å². The number of hydrogen-bond donors (Lipinski definition) is 1. The van der Waals surface area contributed by atoms with Crippen molar-refractivity contribution in [1.29, 1.82) is 0 Å². The van der Waals surface area contributed by atoms with E-state index >= 15 is 0 Å². The van der Waals surface area contributed by atoms with Crippen LogP contribution >= 0.6 is 0 Å². The number of likely N-dealkylation sites (N-methyl/N-ethyl adjacent to an activating group) is 1. The summed E-state index contributed by atoms with van der Waals surface area (Å²) in [6.07, 6.45) is 6.87. The maximum Gasteiger partial charge on any atom is 0.297 e. The van der Waals surface area contributed by atoms with Crippen molar-refractivity contribution in [3.63, 3.8) is 0 Å². The molecule has 0 radical (unpaired) electrons. The van der Waals surface area contributed by atoms with Crippen molar-refractivity contribution in [2.45, 2.75) is 64.9 Å². The van der Waals surface area contributed by atoms with Crippen LogP contribution in [0.4, 0.5) is 11.4 Å². The topological polar surface area (TPSA) is 75.7 Å². The van der Waals surface area contributed by atoms with Gasteiger partial charge in [0, 0.05) is 31.0 Å². The normalized spacial score (nSPS) is 16.5. The van der Waals surface area contributed by atoms with Crippen molar-refractivity contribution >= 4 is 35.0 Å². The third kappa shape index (κ3) is 6.25. The number of amides is 2. The van der Waals surface area contributed by atoms with Gasteiger partial charge in [0.15, 0.2) is 6.10 Å². The maximum absolute atomic E-state index is 13.0. The molecule has 2 atom stereocenters. The third-order valence-corrected chi connectivity index (χ3v) is 6.41. The first kappa shape index (κ1) is 26.4. The smallest absolute Gasteiger partial charge is 0.297 e. The number of anilines is 2. The largest absolute Gasteiger partial charge is 0.365 e. The first-order chi connectivity index (χ1) is 16.9. The van der Waals surface area contributed by atoms with Gasteiger partial charge < -0.3 is 15.0 Å². The summed E-state index contributed by atoms with van der Waals surface area (Å²) in [6, 6.07) is 13.3. The third-order valence-electron chi connectivity index (χ3n) is 6.41. The predicted octanol–water partition coefficient (Wildman–Crippen LogP) is 6.04. The van der Waals surface area contributed by atoms with E-state index in [0.29, 0.717) is 18.0 Å². The van der Waals surface area contributed by atoms with Crippen molar-refractivity contribution in [3.05, 3.63) is 65.2 Å². The van der Waals surface area contributed by atoms with E-state index in [1.807, 2.05) is 36.4 Å². The molecule has 6 heteroatoms. The van der Waals surface area contributed by atoms with Crippen molar-refractivity contribution in [2.75, 3.05) is 23.9 Å². The zero-order valence-corrected chi connectivity index (χ0v) is 21.2. The molecule has 0 fully saturated rings. The maximum atomic E-state index is 13.0. The van der Waals surface area contributed by atoms with Crippen LogP contribution in [0, 0.1) is 0 Å². The van der Waals surface area contributed by atoms with E-state index in [0.717, 1.165) is 48.8 Å². The van der Waals surface area contributed by atoms with E-state index in [1.165, 1.54) is 11.0 Å². The summed E-state index contributed by atoms with van der Waals surface area (Å²) in [5.41, 5.74) is 3.86. The lowest BCUT2D eigenvalue weighted by Crippen LogP contribution is -2.43. The van der Waals surface area contributed by atoms with Gasteiger partial charge in [-0.3, -0.25) is 14.4 Å². The average Bonchev–Trinajstić information content (AvgIpc) is 2.87. The van der Waals surface area contributed by atoms with Gasteiger partial charge in [0.25, 0.3) is 11.7 Å². The first-order valence-corrected chi connectivity index (χ1v) is 12.6. The van der Waals surface area contributed by atoms with Crippen molar-refractivity contribution in [3.8, 4) is 0 Å². The van der Waals surface area contributed by atoms with Crippen LogP contribution in [0.15, 0.2) is 48.5 Å². The number of ketones is 1. The molecule has 6 nitrogen and oxygen atoms in total. The molecule has 2 amide bonds. The second kappa shape index (κ2) is 12.5. The minimum absolute atomic E-state index is 0.178. The molecule has 2 aromatic carbocycles. The molecule has 1 heterocycles. The first-order valence-electron chi connectivity index (χ1n) is 12.6. The van der Waals surface area contributed by atoms with Gasteiger partial charge in [-0.15, -0.1) is 0 Å². The fraction of sp³-hybridized carbons (Fsp3) is 0.414. The summed E-state index contributed by atoms with van der Waals surface area (Å²) in [5.74, 6) is -1.22. The molecule has 0 saturated heterocycles. The van der Waals surface area contributed by atoms with Gasteiger partial charge >= 0.3 is 0 Å². The van der Waals surface area contributed by atoms with Gasteiger partial charge in [-0.2, -0.15) is 0 Å². The zero-order valence-electron chi connectivity index (χ0n) is 21.2. The van der Waals surface area contributed by atoms with Gasteiger partial charge in [-0.05, 0) is 54.5 Å². The molecular weight excluding hydrogens is 440 g/mol. The fourth-order valence-corrected chi connectivity index (χ4v) is 4.50. The molecule has 3 rings (SSSR count). The summed E-state index contributed by atoms with van der Waals surface area (Å²) in [7, 11) is 1.60. The molecule has 0 spiro atoms. The highest BCUT2D eigenvalue weighted by Gasteiger charge is 2.41. The molecule has 35 heavy (non-hydrogen) atoms. The molecule has 2 unspecified atom stereocenters. The Balaban J connectivity index is 2.03. The Morgan fingerprint density at radius 3 is 2.51 bits per heavy atom. The van der Waals surface area contributed by atoms with E-state index in [2.05, 4.69) is 26.1 Å². The minimum atomic E-state index is -0.913. The molecule has 2 aromatic rings. The highest BCUT2D eigenvalue weighted by Crippen LogP contribution is 2.43. The number of carbonyl (C=O) groups is 3. The Morgan fingerprint density at radius 1 is 1.11 bits per heavy atom. The van der Waals surface area contributed by atoms with Gasteiger partial charge in [0.1, 0.15) is 0 Å². The van der Waals surface area contributed by atoms with E-state index < -0.39 is 17.8 Å². The standard InChI is InChI=1S/C29H36N2O4/c1-5-8-17-35-28-26-23(21(7-3)12-6-2)18-22(19-24(26)31(4)29(34)27(28)33)30-25(32)16-15-20-13-10-9-11-14-20/h9-11,13-16,18-19,21,28H,5-8,12,17H2,1-4H3,(H,30,32). The molecule has 0 bridgehead atoms. The van der Waals surface area contributed by atoms with Crippen LogP contribution in [0.5, 0.6) is 0 Å². The van der Waals surface area contributed by atoms with Gasteiger partial charge in [-0.25, -0.2) is 0 Å². The lowest BCUT2D eigenvalue weighted by molar-refractivity contribution is -0.144. The number of carbonyl (C=O) groups excluding carboxylic acids is 3. The Morgan fingerprint density at radius 2 is 1.86 bits per heavy atom. The van der Waals surface area contributed by atoms with Gasteiger partial charge in [-0.1, -0.05) is 63.9 Å². The zero-order chi connectivity index (χ0) is 25.4. The minimum Gasteiger partial charge on any atom is -0.365 e. The SMILES string of the molecule is CCCCOC1C(=O)C(=O)N(C)c2cc(NC(=O)C=Cc3ccccc3)cc(C(CC)CCC)c21. The van der Waals surface area contributed by atoms with E-state index in [4.69, 9.17) is 4.74 Å². The Labute approximate surface area is 208 Å². The molecule has 186 valence electrons. The molecule has 1 aliphatic heterocycles. The monoisotopic (exact) mass is 476 g/mol. The van der Waals surface area contributed by atoms with Gasteiger partial charge in [0.2, 0.25) is 5.91 Å². The van der Waals surface area contributed by atoms with Crippen molar-refractivity contribution in [1.82, 2.24) is 0 Å². The van der Waals surface area contributed by atoms with Crippen LogP contribution in [0.2, 0.25) is 0 Å². The van der Waals surface area contributed by atoms with Crippen LogP contribution in [0.3, 0.4) is 0 Å². The lowest BCUT2D eigenvalue weighted by Gasteiger charge is -2.34. The molecule has 0 saturated carbocycles. The number of benzene rings is 2. The Bertz CT molecular complexity index is 1080. The number of ether oxygens (including phenoxy) is 1. The van der Waals surface area contributed by atoms with Gasteiger partial charge in [0.05, 0.1) is 5.69 Å². The summed E-state index contributed by atoms with van der Waals surface area (Å²) in [4.78, 5) is 39.9. The second-order valence-electron chi connectivity index (χ2n) is 8.96. The van der Waals surface area contributed by atoms with E-state index in [-0.39, 0.29) is 11.8 Å². The van der Waals surface area contributed by atoms with Crippen LogP contribution < -0.4 is 10.2 Å².